The van der Waals surface area contributed by atoms with Crippen molar-refractivity contribution in [2.24, 2.45) is 0 Å². The molecular formula is C17H28N2O2. The lowest BCUT2D eigenvalue weighted by Gasteiger charge is -2.18. The lowest BCUT2D eigenvalue weighted by Crippen LogP contribution is -2.22. The van der Waals surface area contributed by atoms with Gasteiger partial charge >= 0.3 is 0 Å². The van der Waals surface area contributed by atoms with E-state index in [4.69, 9.17) is 9.47 Å². The van der Waals surface area contributed by atoms with Crippen LogP contribution in [0.5, 0.6) is 11.5 Å². The molecule has 1 aliphatic rings. The Morgan fingerprint density at radius 3 is 2.71 bits per heavy atom. The molecule has 0 aromatic heterocycles. The van der Waals surface area contributed by atoms with Gasteiger partial charge in [0.1, 0.15) is 0 Å². The molecule has 0 atom stereocenters. The van der Waals surface area contributed by atoms with Gasteiger partial charge in [0.25, 0.3) is 0 Å². The first-order chi connectivity index (χ1) is 10.3. The van der Waals surface area contributed by atoms with E-state index < -0.39 is 0 Å². The Balaban J connectivity index is 1.89. The molecule has 0 unspecified atom stereocenters. The molecule has 0 radical (unpaired) electrons. The molecule has 0 bridgehead atoms. The van der Waals surface area contributed by atoms with E-state index in [1.54, 1.807) is 0 Å². The zero-order chi connectivity index (χ0) is 14.9. The number of ether oxygens (including phenoxy) is 2. The van der Waals surface area contributed by atoms with Gasteiger partial charge in [-0.3, -0.25) is 0 Å². The Bertz CT molecular complexity index is 393. The van der Waals surface area contributed by atoms with Gasteiger partial charge in [-0.2, -0.15) is 0 Å². The second-order valence-electron chi connectivity index (χ2n) is 5.46. The Morgan fingerprint density at radius 1 is 1.19 bits per heavy atom. The third kappa shape index (κ3) is 4.90. The lowest BCUT2D eigenvalue weighted by molar-refractivity contribution is 0.246. The van der Waals surface area contributed by atoms with E-state index in [9.17, 15) is 0 Å². The largest absolute Gasteiger partial charge is 0.490 e. The Morgan fingerprint density at radius 2 is 2.00 bits per heavy atom. The topological polar surface area (TPSA) is 33.7 Å². The molecule has 4 heteroatoms. The minimum atomic E-state index is 0.660. The summed E-state index contributed by atoms with van der Waals surface area (Å²) >= 11 is 0. The highest BCUT2D eigenvalue weighted by Gasteiger charge is 2.13. The van der Waals surface area contributed by atoms with Crippen LogP contribution in [-0.4, -0.2) is 44.8 Å². The van der Waals surface area contributed by atoms with Crippen LogP contribution in [-0.2, 0) is 6.54 Å². The summed E-state index contributed by atoms with van der Waals surface area (Å²) in [6.07, 6.45) is 3.76. The maximum Gasteiger partial charge on any atom is 0.165 e. The van der Waals surface area contributed by atoms with Gasteiger partial charge in [0.15, 0.2) is 11.5 Å². The summed E-state index contributed by atoms with van der Waals surface area (Å²) in [6, 6.07) is 6.10. The first-order valence-corrected chi connectivity index (χ1v) is 8.09. The number of para-hydroxylation sites is 1. The second kappa shape index (κ2) is 8.90. The van der Waals surface area contributed by atoms with E-state index in [0.717, 1.165) is 43.2 Å². The number of hydrogen-bond acceptors (Lipinski definition) is 4. The van der Waals surface area contributed by atoms with Crippen LogP contribution < -0.4 is 14.8 Å². The van der Waals surface area contributed by atoms with Crippen LogP contribution in [0.15, 0.2) is 18.2 Å². The number of benzene rings is 1. The second-order valence-corrected chi connectivity index (χ2v) is 5.46. The van der Waals surface area contributed by atoms with Crippen molar-refractivity contribution in [2.75, 3.05) is 39.9 Å². The SMILES string of the molecule is CCOc1cccc(CNC)c1OCCCN1CCCC1. The van der Waals surface area contributed by atoms with Gasteiger partial charge in [-0.25, -0.2) is 0 Å². The predicted molar refractivity (Wildman–Crippen MR) is 86.2 cm³/mol. The maximum absolute atomic E-state index is 6.04. The van der Waals surface area contributed by atoms with Gasteiger partial charge < -0.3 is 19.7 Å². The summed E-state index contributed by atoms with van der Waals surface area (Å²) in [4.78, 5) is 2.52. The van der Waals surface area contributed by atoms with Gasteiger partial charge in [-0.1, -0.05) is 12.1 Å². The van der Waals surface area contributed by atoms with Crippen LogP contribution in [0.4, 0.5) is 0 Å². The fourth-order valence-corrected chi connectivity index (χ4v) is 2.79. The standard InChI is InChI=1S/C17H28N2O2/c1-3-20-16-9-6-8-15(14-18-2)17(16)21-13-7-12-19-10-4-5-11-19/h6,8-9,18H,3-5,7,10-14H2,1-2H3. The minimum absolute atomic E-state index is 0.660. The molecule has 1 aliphatic heterocycles. The van der Waals surface area contributed by atoms with Gasteiger partial charge in [-0.15, -0.1) is 0 Å². The van der Waals surface area contributed by atoms with Crippen molar-refractivity contribution in [3.63, 3.8) is 0 Å². The van der Waals surface area contributed by atoms with Gasteiger partial charge in [0, 0.05) is 18.7 Å². The molecule has 118 valence electrons. The number of hydrogen-bond donors (Lipinski definition) is 1. The Labute approximate surface area is 128 Å². The highest BCUT2D eigenvalue weighted by molar-refractivity contribution is 5.46. The number of likely N-dealkylation sites (tertiary alicyclic amines) is 1. The summed E-state index contributed by atoms with van der Waals surface area (Å²) in [5.41, 5.74) is 1.16. The number of nitrogens with one attached hydrogen (secondary N) is 1. The van der Waals surface area contributed by atoms with E-state index in [1.165, 1.54) is 25.9 Å². The summed E-state index contributed by atoms with van der Waals surface area (Å²) < 4.78 is 11.7. The molecule has 0 aliphatic carbocycles. The normalized spacial score (nSPS) is 15.3. The molecule has 1 N–H and O–H groups in total. The van der Waals surface area contributed by atoms with Crippen molar-refractivity contribution in [1.29, 1.82) is 0 Å². The van der Waals surface area contributed by atoms with Crippen LogP contribution in [0.2, 0.25) is 0 Å². The average molecular weight is 292 g/mol. The average Bonchev–Trinajstić information content (AvgIpc) is 2.99. The van der Waals surface area contributed by atoms with Gasteiger partial charge in [-0.05, 0) is 52.4 Å². The van der Waals surface area contributed by atoms with E-state index >= 15 is 0 Å². The maximum atomic E-state index is 6.04. The summed E-state index contributed by atoms with van der Waals surface area (Å²) in [7, 11) is 1.95. The van der Waals surface area contributed by atoms with Crippen molar-refractivity contribution >= 4 is 0 Å². The first-order valence-electron chi connectivity index (χ1n) is 8.09. The molecule has 0 amide bonds. The van der Waals surface area contributed by atoms with Gasteiger partial charge in [0.2, 0.25) is 0 Å². The van der Waals surface area contributed by atoms with Gasteiger partial charge in [0.05, 0.1) is 13.2 Å². The molecule has 1 saturated heterocycles. The van der Waals surface area contributed by atoms with Crippen LogP contribution in [0.1, 0.15) is 31.7 Å². The highest BCUT2D eigenvalue weighted by atomic mass is 16.5. The van der Waals surface area contributed by atoms with Crippen LogP contribution in [0, 0.1) is 0 Å². The minimum Gasteiger partial charge on any atom is -0.490 e. The summed E-state index contributed by atoms with van der Waals surface area (Å²) in [5.74, 6) is 1.75. The molecule has 1 aromatic rings. The number of rotatable bonds is 9. The molecule has 0 spiro atoms. The fourth-order valence-electron chi connectivity index (χ4n) is 2.79. The molecule has 1 heterocycles. The number of nitrogens with zero attached hydrogens (tertiary/aromatic N) is 1. The highest BCUT2D eigenvalue weighted by Crippen LogP contribution is 2.31. The molecule has 1 aromatic carbocycles. The Hall–Kier alpha value is -1.26. The third-order valence-electron chi connectivity index (χ3n) is 3.79. The molecule has 4 nitrogen and oxygen atoms in total. The van der Waals surface area contributed by atoms with Crippen LogP contribution in [0.25, 0.3) is 0 Å². The summed E-state index contributed by atoms with van der Waals surface area (Å²) in [6.45, 7) is 7.84. The van der Waals surface area contributed by atoms with Crippen LogP contribution >= 0.6 is 0 Å². The van der Waals surface area contributed by atoms with E-state index in [2.05, 4.69) is 16.3 Å². The van der Waals surface area contributed by atoms with E-state index in [1.807, 2.05) is 26.1 Å². The lowest BCUT2D eigenvalue weighted by atomic mass is 10.2. The van der Waals surface area contributed by atoms with E-state index in [0.29, 0.717) is 6.61 Å². The zero-order valence-electron chi connectivity index (χ0n) is 13.4. The quantitative estimate of drug-likeness (QED) is 0.710. The van der Waals surface area contributed by atoms with Crippen molar-refractivity contribution in [3.05, 3.63) is 23.8 Å². The van der Waals surface area contributed by atoms with E-state index in [-0.39, 0.29) is 0 Å². The van der Waals surface area contributed by atoms with Crippen molar-refractivity contribution in [3.8, 4) is 11.5 Å². The zero-order valence-corrected chi connectivity index (χ0v) is 13.4. The third-order valence-corrected chi connectivity index (χ3v) is 3.79. The molecule has 2 rings (SSSR count). The monoisotopic (exact) mass is 292 g/mol. The fraction of sp³-hybridized carbons (Fsp3) is 0.647. The van der Waals surface area contributed by atoms with Crippen LogP contribution in [0.3, 0.4) is 0 Å². The summed E-state index contributed by atoms with van der Waals surface area (Å²) in [5, 5.41) is 3.19. The van der Waals surface area contributed by atoms with Crippen molar-refractivity contribution in [1.82, 2.24) is 10.2 Å². The Kier molecular flexibility index (Phi) is 6.83. The van der Waals surface area contributed by atoms with Crippen molar-refractivity contribution in [2.45, 2.75) is 32.7 Å². The molecular weight excluding hydrogens is 264 g/mol. The molecule has 1 fully saturated rings. The molecule has 0 saturated carbocycles. The predicted octanol–water partition coefficient (Wildman–Crippen LogP) is 2.67. The first kappa shape index (κ1) is 16.1. The smallest absolute Gasteiger partial charge is 0.165 e. The molecule has 21 heavy (non-hydrogen) atoms. The van der Waals surface area contributed by atoms with Crippen molar-refractivity contribution < 1.29 is 9.47 Å².